The topological polar surface area (TPSA) is 21.3 Å². The molecule has 1 N–H and O–H groups in total. The largest absolute Gasteiger partial charge is 0.493 e. The van der Waals surface area contributed by atoms with Crippen LogP contribution in [0.4, 0.5) is 0 Å². The van der Waals surface area contributed by atoms with Crippen LogP contribution in [-0.2, 0) is 13.0 Å². The average molecular weight is 283 g/mol. The van der Waals surface area contributed by atoms with Crippen molar-refractivity contribution in [3.05, 3.63) is 65.2 Å². The summed E-state index contributed by atoms with van der Waals surface area (Å²) in [5, 5.41) is 3.26. The number of benzene rings is 2. The number of ether oxygens (including phenoxy) is 1. The van der Waals surface area contributed by atoms with E-state index in [1.165, 1.54) is 23.1 Å². The van der Waals surface area contributed by atoms with Crippen LogP contribution < -0.4 is 10.1 Å². The van der Waals surface area contributed by atoms with Gasteiger partial charge in [0.25, 0.3) is 0 Å². The fraction of sp³-hybridized carbons (Fsp3) is 0.368. The van der Waals surface area contributed by atoms with Crippen LogP contribution in [0.25, 0.3) is 0 Å². The molecular formula is C19H25NO. The molecule has 1 aliphatic rings. The quantitative estimate of drug-likeness (QED) is 0.915. The molecule has 112 valence electrons. The minimum Gasteiger partial charge on any atom is -0.493 e. The van der Waals surface area contributed by atoms with Crippen molar-refractivity contribution in [3.8, 4) is 5.75 Å². The second-order valence-corrected chi connectivity index (χ2v) is 5.33. The zero-order valence-electron chi connectivity index (χ0n) is 13.1. The van der Waals surface area contributed by atoms with E-state index in [1.54, 1.807) is 0 Å². The third-order valence-electron chi connectivity index (χ3n) is 3.49. The summed E-state index contributed by atoms with van der Waals surface area (Å²) in [6.07, 6.45) is 2.34. The van der Waals surface area contributed by atoms with Crippen molar-refractivity contribution in [1.82, 2.24) is 5.32 Å². The molecule has 0 amide bonds. The lowest BCUT2D eigenvalue weighted by molar-refractivity contribution is 0.288. The number of hydrogen-bond acceptors (Lipinski definition) is 2. The first-order chi connectivity index (χ1) is 10.3. The van der Waals surface area contributed by atoms with Crippen molar-refractivity contribution in [2.24, 2.45) is 0 Å². The Morgan fingerprint density at radius 2 is 1.90 bits per heavy atom. The summed E-state index contributed by atoms with van der Waals surface area (Å²) in [6, 6.07) is 16.8. The molecule has 2 aromatic rings. The van der Waals surface area contributed by atoms with Gasteiger partial charge in [-0.15, -0.1) is 0 Å². The molecular weight excluding hydrogens is 258 g/mol. The molecule has 1 aliphatic heterocycles. The molecule has 1 heterocycles. The fourth-order valence-corrected chi connectivity index (χ4v) is 2.35. The van der Waals surface area contributed by atoms with E-state index in [2.05, 4.69) is 61.6 Å². The highest BCUT2D eigenvalue weighted by atomic mass is 16.5. The van der Waals surface area contributed by atoms with Crippen LogP contribution >= 0.6 is 0 Å². The van der Waals surface area contributed by atoms with E-state index in [9.17, 15) is 0 Å². The standard InChI is InChI=1S/C10H12O.C9H13N/c1-8-4-5-10-9(7-8)3-2-6-11-10;1-2-10-8-9-6-4-3-5-7-9/h4-5,7H,2-3,6H2,1H3;3-7,10H,2,8H2,1H3. The van der Waals surface area contributed by atoms with Gasteiger partial charge in [0.05, 0.1) is 6.61 Å². The molecule has 0 atom stereocenters. The highest BCUT2D eigenvalue weighted by Gasteiger charge is 2.08. The maximum absolute atomic E-state index is 5.48. The van der Waals surface area contributed by atoms with Crippen molar-refractivity contribution in [1.29, 1.82) is 0 Å². The molecule has 2 heteroatoms. The zero-order valence-corrected chi connectivity index (χ0v) is 13.1. The first kappa shape index (κ1) is 15.6. The Morgan fingerprint density at radius 1 is 1.10 bits per heavy atom. The van der Waals surface area contributed by atoms with Crippen molar-refractivity contribution >= 4 is 0 Å². The van der Waals surface area contributed by atoms with Crippen LogP contribution in [0.1, 0.15) is 30.0 Å². The van der Waals surface area contributed by atoms with E-state index >= 15 is 0 Å². The Bertz CT molecular complexity index is 537. The van der Waals surface area contributed by atoms with Gasteiger partial charge in [-0.1, -0.05) is 55.0 Å². The second kappa shape index (κ2) is 8.48. The van der Waals surface area contributed by atoms with Gasteiger partial charge in [-0.3, -0.25) is 0 Å². The first-order valence-electron chi connectivity index (χ1n) is 7.76. The molecule has 0 radical (unpaired) electrons. The van der Waals surface area contributed by atoms with E-state index in [0.29, 0.717) is 0 Å². The Balaban J connectivity index is 0.000000155. The van der Waals surface area contributed by atoms with Gasteiger partial charge in [0.2, 0.25) is 0 Å². The molecule has 0 saturated carbocycles. The highest BCUT2D eigenvalue weighted by Crippen LogP contribution is 2.24. The molecule has 2 aromatic carbocycles. The van der Waals surface area contributed by atoms with Crippen LogP contribution in [-0.4, -0.2) is 13.2 Å². The van der Waals surface area contributed by atoms with E-state index in [0.717, 1.165) is 31.9 Å². The fourth-order valence-electron chi connectivity index (χ4n) is 2.35. The predicted molar refractivity (Wildman–Crippen MR) is 88.8 cm³/mol. The number of rotatable bonds is 3. The normalized spacial score (nSPS) is 12.7. The molecule has 0 fully saturated rings. The third-order valence-corrected chi connectivity index (χ3v) is 3.49. The van der Waals surface area contributed by atoms with E-state index in [4.69, 9.17) is 4.74 Å². The molecule has 21 heavy (non-hydrogen) atoms. The smallest absolute Gasteiger partial charge is 0.122 e. The summed E-state index contributed by atoms with van der Waals surface area (Å²) in [5.41, 5.74) is 4.05. The number of fused-ring (bicyclic) bond motifs is 1. The number of aryl methyl sites for hydroxylation is 2. The van der Waals surface area contributed by atoms with Gasteiger partial charge in [0.1, 0.15) is 5.75 Å². The molecule has 0 unspecified atom stereocenters. The molecule has 0 saturated heterocycles. The lowest BCUT2D eigenvalue weighted by Gasteiger charge is -2.16. The minimum absolute atomic E-state index is 0.885. The SMILES string of the molecule is CCNCc1ccccc1.Cc1ccc2c(c1)CCCO2. The third kappa shape index (κ3) is 5.24. The van der Waals surface area contributed by atoms with Gasteiger partial charge in [0.15, 0.2) is 0 Å². The summed E-state index contributed by atoms with van der Waals surface area (Å²) >= 11 is 0. The van der Waals surface area contributed by atoms with Crippen molar-refractivity contribution in [2.45, 2.75) is 33.2 Å². The van der Waals surface area contributed by atoms with Gasteiger partial charge < -0.3 is 10.1 Å². The Labute approximate surface area is 128 Å². The summed E-state index contributed by atoms with van der Waals surface area (Å²) < 4.78 is 5.48. The summed E-state index contributed by atoms with van der Waals surface area (Å²) in [5.74, 6) is 1.09. The van der Waals surface area contributed by atoms with Gasteiger partial charge in [-0.2, -0.15) is 0 Å². The summed E-state index contributed by atoms with van der Waals surface area (Å²) in [6.45, 7) is 7.14. The van der Waals surface area contributed by atoms with Crippen molar-refractivity contribution in [2.75, 3.05) is 13.2 Å². The van der Waals surface area contributed by atoms with Crippen LogP contribution in [0.3, 0.4) is 0 Å². The number of hydrogen-bond donors (Lipinski definition) is 1. The van der Waals surface area contributed by atoms with Gasteiger partial charge in [0, 0.05) is 6.54 Å². The molecule has 2 nitrogen and oxygen atoms in total. The van der Waals surface area contributed by atoms with Gasteiger partial charge in [-0.25, -0.2) is 0 Å². The first-order valence-corrected chi connectivity index (χ1v) is 7.76. The predicted octanol–water partition coefficient (Wildman–Crippen LogP) is 4.12. The van der Waals surface area contributed by atoms with Crippen LogP contribution in [0.15, 0.2) is 48.5 Å². The summed E-state index contributed by atoms with van der Waals surface area (Å²) in [4.78, 5) is 0. The Morgan fingerprint density at radius 3 is 2.67 bits per heavy atom. The second-order valence-electron chi connectivity index (χ2n) is 5.33. The number of nitrogens with one attached hydrogen (secondary N) is 1. The molecule has 0 bridgehead atoms. The highest BCUT2D eigenvalue weighted by molar-refractivity contribution is 5.37. The van der Waals surface area contributed by atoms with Crippen molar-refractivity contribution < 1.29 is 4.74 Å². The average Bonchev–Trinajstić information content (AvgIpc) is 2.54. The molecule has 0 spiro atoms. The van der Waals surface area contributed by atoms with E-state index in [1.807, 2.05) is 6.07 Å². The van der Waals surface area contributed by atoms with Crippen LogP contribution in [0.5, 0.6) is 5.75 Å². The molecule has 0 aliphatic carbocycles. The van der Waals surface area contributed by atoms with E-state index in [-0.39, 0.29) is 0 Å². The van der Waals surface area contributed by atoms with Gasteiger partial charge >= 0.3 is 0 Å². The van der Waals surface area contributed by atoms with Gasteiger partial charge in [-0.05, 0) is 43.5 Å². The van der Waals surface area contributed by atoms with Crippen LogP contribution in [0, 0.1) is 6.92 Å². The Hall–Kier alpha value is -1.80. The molecule has 3 rings (SSSR count). The van der Waals surface area contributed by atoms with Crippen molar-refractivity contribution in [3.63, 3.8) is 0 Å². The summed E-state index contributed by atoms with van der Waals surface area (Å²) in [7, 11) is 0. The lowest BCUT2D eigenvalue weighted by atomic mass is 10.0. The Kier molecular flexibility index (Phi) is 6.29. The maximum atomic E-state index is 5.48. The van der Waals surface area contributed by atoms with E-state index < -0.39 is 0 Å². The monoisotopic (exact) mass is 283 g/mol. The maximum Gasteiger partial charge on any atom is 0.122 e. The zero-order chi connectivity index (χ0) is 14.9. The van der Waals surface area contributed by atoms with Crippen LogP contribution in [0.2, 0.25) is 0 Å². The molecule has 0 aromatic heterocycles. The minimum atomic E-state index is 0.885. The lowest BCUT2D eigenvalue weighted by Crippen LogP contribution is -2.11.